The van der Waals surface area contributed by atoms with Crippen molar-refractivity contribution in [2.24, 2.45) is 0 Å². The van der Waals surface area contributed by atoms with Crippen molar-refractivity contribution in [3.63, 3.8) is 0 Å². The highest BCUT2D eigenvalue weighted by molar-refractivity contribution is 9.10. The van der Waals surface area contributed by atoms with E-state index in [4.69, 9.17) is 9.47 Å². The summed E-state index contributed by atoms with van der Waals surface area (Å²) in [6.07, 6.45) is 0.668. The third kappa shape index (κ3) is 3.22. The Balaban J connectivity index is 1.57. The number of carbonyl (C=O) groups is 1. The maximum absolute atomic E-state index is 13.0. The number of benzene rings is 2. The molecule has 0 aromatic heterocycles. The van der Waals surface area contributed by atoms with E-state index in [2.05, 4.69) is 21.2 Å². The van der Waals surface area contributed by atoms with Gasteiger partial charge >= 0.3 is 0 Å². The van der Waals surface area contributed by atoms with Crippen LogP contribution in [-0.4, -0.2) is 19.2 Å². The standard InChI is InChI=1S/C16H13BrFNO3/c17-13-8-11(18)2-3-12(13)16(20)19-6-5-10-1-4-14-15(7-10)22-9-21-14/h1-4,7-8H,5-6,9H2,(H,19,20). The maximum Gasteiger partial charge on any atom is 0.252 e. The van der Waals surface area contributed by atoms with E-state index in [1.165, 1.54) is 18.2 Å². The molecule has 0 unspecified atom stereocenters. The number of rotatable bonds is 4. The first-order valence-electron chi connectivity index (χ1n) is 6.75. The van der Waals surface area contributed by atoms with Crippen LogP contribution in [0.5, 0.6) is 11.5 Å². The summed E-state index contributed by atoms with van der Waals surface area (Å²) in [5.74, 6) is 0.838. The van der Waals surface area contributed by atoms with Gasteiger partial charge in [0.15, 0.2) is 11.5 Å². The molecule has 0 spiro atoms. The second-order valence-electron chi connectivity index (χ2n) is 4.82. The first-order valence-corrected chi connectivity index (χ1v) is 7.54. The Bertz CT molecular complexity index is 721. The molecule has 1 heterocycles. The molecule has 2 aromatic carbocycles. The Morgan fingerprint density at radius 3 is 2.82 bits per heavy atom. The van der Waals surface area contributed by atoms with E-state index in [1.807, 2.05) is 18.2 Å². The average Bonchev–Trinajstić information content (AvgIpc) is 2.94. The SMILES string of the molecule is O=C(NCCc1ccc2c(c1)OCO2)c1ccc(F)cc1Br. The van der Waals surface area contributed by atoms with Crippen molar-refractivity contribution < 1.29 is 18.7 Å². The minimum absolute atomic E-state index is 0.243. The quantitative estimate of drug-likeness (QED) is 0.904. The van der Waals surface area contributed by atoms with Crippen molar-refractivity contribution >= 4 is 21.8 Å². The number of hydrogen-bond acceptors (Lipinski definition) is 3. The summed E-state index contributed by atoms with van der Waals surface area (Å²) in [5, 5.41) is 2.81. The van der Waals surface area contributed by atoms with Gasteiger partial charge < -0.3 is 14.8 Å². The Morgan fingerprint density at radius 2 is 2.00 bits per heavy atom. The van der Waals surface area contributed by atoms with Crippen LogP contribution in [0.25, 0.3) is 0 Å². The molecule has 0 saturated carbocycles. The predicted octanol–water partition coefficient (Wildman–Crippen LogP) is 3.29. The summed E-state index contributed by atoms with van der Waals surface area (Å²) in [5.41, 5.74) is 1.45. The van der Waals surface area contributed by atoms with Crippen molar-refractivity contribution in [2.45, 2.75) is 6.42 Å². The van der Waals surface area contributed by atoms with Crippen LogP contribution in [0.4, 0.5) is 4.39 Å². The van der Waals surface area contributed by atoms with Crippen LogP contribution in [0, 0.1) is 5.82 Å². The Morgan fingerprint density at radius 1 is 1.18 bits per heavy atom. The van der Waals surface area contributed by atoms with E-state index in [9.17, 15) is 9.18 Å². The van der Waals surface area contributed by atoms with Crippen molar-refractivity contribution in [2.75, 3.05) is 13.3 Å². The van der Waals surface area contributed by atoms with Gasteiger partial charge in [-0.1, -0.05) is 6.07 Å². The minimum Gasteiger partial charge on any atom is -0.454 e. The summed E-state index contributed by atoms with van der Waals surface area (Å²) < 4.78 is 24.0. The molecule has 1 aliphatic heterocycles. The summed E-state index contributed by atoms with van der Waals surface area (Å²) in [4.78, 5) is 12.0. The Labute approximate surface area is 135 Å². The Kier molecular flexibility index (Phi) is 4.29. The summed E-state index contributed by atoms with van der Waals surface area (Å²) in [7, 11) is 0. The van der Waals surface area contributed by atoms with E-state index in [0.29, 0.717) is 23.0 Å². The number of hydrogen-bond donors (Lipinski definition) is 1. The van der Waals surface area contributed by atoms with Crippen LogP contribution in [0.15, 0.2) is 40.9 Å². The summed E-state index contributed by atoms with van der Waals surface area (Å²) in [6, 6.07) is 9.69. The second-order valence-corrected chi connectivity index (χ2v) is 5.67. The zero-order valence-electron chi connectivity index (χ0n) is 11.6. The predicted molar refractivity (Wildman–Crippen MR) is 82.7 cm³/mol. The van der Waals surface area contributed by atoms with Crippen LogP contribution in [0.1, 0.15) is 15.9 Å². The minimum atomic E-state index is -0.385. The maximum atomic E-state index is 13.0. The van der Waals surface area contributed by atoms with Gasteiger partial charge in [-0.05, 0) is 58.2 Å². The number of fused-ring (bicyclic) bond motifs is 1. The van der Waals surface area contributed by atoms with Crippen LogP contribution in [0.2, 0.25) is 0 Å². The largest absolute Gasteiger partial charge is 0.454 e. The molecule has 0 aliphatic carbocycles. The molecule has 2 aromatic rings. The molecule has 0 fully saturated rings. The molecular weight excluding hydrogens is 353 g/mol. The smallest absolute Gasteiger partial charge is 0.252 e. The number of amides is 1. The molecule has 0 bridgehead atoms. The van der Waals surface area contributed by atoms with E-state index in [1.54, 1.807) is 0 Å². The summed E-state index contributed by atoms with van der Waals surface area (Å²) in [6.45, 7) is 0.719. The third-order valence-corrected chi connectivity index (χ3v) is 3.97. The van der Waals surface area contributed by atoms with Gasteiger partial charge in [-0.15, -0.1) is 0 Å². The highest BCUT2D eigenvalue weighted by Gasteiger charge is 2.14. The molecule has 22 heavy (non-hydrogen) atoms. The van der Waals surface area contributed by atoms with Gasteiger partial charge in [-0.2, -0.15) is 0 Å². The monoisotopic (exact) mass is 365 g/mol. The first-order chi connectivity index (χ1) is 10.6. The molecule has 4 nitrogen and oxygen atoms in total. The van der Waals surface area contributed by atoms with Crippen molar-refractivity contribution in [1.82, 2.24) is 5.32 Å². The lowest BCUT2D eigenvalue weighted by Crippen LogP contribution is -2.26. The van der Waals surface area contributed by atoms with Gasteiger partial charge in [0.2, 0.25) is 6.79 Å². The van der Waals surface area contributed by atoms with Gasteiger partial charge in [0.1, 0.15) is 5.82 Å². The third-order valence-electron chi connectivity index (χ3n) is 3.31. The van der Waals surface area contributed by atoms with E-state index < -0.39 is 0 Å². The molecular formula is C16H13BrFNO3. The van der Waals surface area contributed by atoms with Crippen LogP contribution in [0.3, 0.4) is 0 Å². The highest BCUT2D eigenvalue weighted by Crippen LogP contribution is 2.32. The van der Waals surface area contributed by atoms with Crippen molar-refractivity contribution in [1.29, 1.82) is 0 Å². The van der Waals surface area contributed by atoms with Crippen LogP contribution in [-0.2, 0) is 6.42 Å². The highest BCUT2D eigenvalue weighted by atomic mass is 79.9. The van der Waals surface area contributed by atoms with E-state index in [-0.39, 0.29) is 18.5 Å². The molecule has 1 aliphatic rings. The molecule has 6 heteroatoms. The molecule has 0 saturated heterocycles. The average molecular weight is 366 g/mol. The number of ether oxygens (including phenoxy) is 2. The molecule has 114 valence electrons. The lowest BCUT2D eigenvalue weighted by atomic mass is 10.1. The zero-order valence-corrected chi connectivity index (χ0v) is 13.2. The molecule has 1 N–H and O–H groups in total. The fourth-order valence-electron chi connectivity index (χ4n) is 2.19. The zero-order chi connectivity index (χ0) is 15.5. The summed E-state index contributed by atoms with van der Waals surface area (Å²) >= 11 is 3.19. The van der Waals surface area contributed by atoms with Gasteiger partial charge in [-0.3, -0.25) is 4.79 Å². The van der Waals surface area contributed by atoms with Crippen LogP contribution >= 0.6 is 15.9 Å². The van der Waals surface area contributed by atoms with Gasteiger partial charge in [-0.25, -0.2) is 4.39 Å². The number of carbonyl (C=O) groups excluding carboxylic acids is 1. The Hall–Kier alpha value is -2.08. The van der Waals surface area contributed by atoms with Gasteiger partial charge in [0, 0.05) is 11.0 Å². The fraction of sp³-hybridized carbons (Fsp3) is 0.188. The lowest BCUT2D eigenvalue weighted by molar-refractivity contribution is 0.0953. The lowest BCUT2D eigenvalue weighted by Gasteiger charge is -2.07. The normalized spacial score (nSPS) is 12.3. The molecule has 0 radical (unpaired) electrons. The molecule has 1 amide bonds. The fourth-order valence-corrected chi connectivity index (χ4v) is 2.72. The van der Waals surface area contributed by atoms with Crippen molar-refractivity contribution in [3.05, 3.63) is 57.8 Å². The second kappa shape index (κ2) is 6.36. The molecule has 3 rings (SSSR count). The van der Waals surface area contributed by atoms with Crippen LogP contribution < -0.4 is 14.8 Å². The van der Waals surface area contributed by atoms with Gasteiger partial charge in [0.05, 0.1) is 5.56 Å². The number of nitrogens with one attached hydrogen (secondary N) is 1. The first kappa shape index (κ1) is 14.8. The van der Waals surface area contributed by atoms with Gasteiger partial charge in [0.25, 0.3) is 5.91 Å². The molecule has 0 atom stereocenters. The topological polar surface area (TPSA) is 47.6 Å². The number of halogens is 2. The van der Waals surface area contributed by atoms with E-state index >= 15 is 0 Å². The van der Waals surface area contributed by atoms with E-state index in [0.717, 1.165) is 17.1 Å². The van der Waals surface area contributed by atoms with Crippen molar-refractivity contribution in [3.8, 4) is 11.5 Å².